The normalized spacial score (nSPS) is 24.6. The zero-order valence-corrected chi connectivity index (χ0v) is 11.1. The van der Waals surface area contributed by atoms with Gasteiger partial charge in [0.2, 0.25) is 0 Å². The van der Waals surface area contributed by atoms with Crippen molar-refractivity contribution in [1.82, 2.24) is 10.2 Å². The molecule has 1 heterocycles. The van der Waals surface area contributed by atoms with Crippen molar-refractivity contribution in [3.63, 3.8) is 0 Å². The first-order valence-electron chi connectivity index (χ1n) is 7.15. The summed E-state index contributed by atoms with van der Waals surface area (Å²) in [6.07, 6.45) is -0.454. The van der Waals surface area contributed by atoms with Crippen LogP contribution in [0.25, 0.3) is 0 Å². The van der Waals surface area contributed by atoms with E-state index in [-0.39, 0.29) is 25.5 Å². The molecule has 0 spiro atoms. The van der Waals surface area contributed by atoms with Gasteiger partial charge in [-0.2, -0.15) is 13.2 Å². The minimum Gasteiger partial charge on any atom is -0.395 e. The maximum atomic E-state index is 12.5. The Bertz CT molecular complexity index is 274. The van der Waals surface area contributed by atoms with Gasteiger partial charge in [0.1, 0.15) is 0 Å². The minimum atomic E-state index is -4.03. The summed E-state index contributed by atoms with van der Waals surface area (Å²) in [5.41, 5.74) is 0. The van der Waals surface area contributed by atoms with Crippen molar-refractivity contribution >= 4 is 0 Å². The lowest BCUT2D eigenvalue weighted by molar-refractivity contribution is -0.185. The number of piperidine rings is 1. The number of aliphatic hydroxyl groups excluding tert-OH is 1. The van der Waals surface area contributed by atoms with Gasteiger partial charge in [0.25, 0.3) is 0 Å². The van der Waals surface area contributed by atoms with Crippen LogP contribution in [0.3, 0.4) is 0 Å². The second kappa shape index (κ2) is 6.41. The molecule has 19 heavy (non-hydrogen) atoms. The Kier molecular flexibility index (Phi) is 5.09. The third-order valence-electron chi connectivity index (χ3n) is 4.11. The van der Waals surface area contributed by atoms with Crippen LogP contribution in [0.5, 0.6) is 0 Å². The Morgan fingerprint density at radius 1 is 1.16 bits per heavy atom. The first kappa shape index (κ1) is 15.1. The van der Waals surface area contributed by atoms with Crippen LogP contribution in [0.4, 0.5) is 13.2 Å². The highest BCUT2D eigenvalue weighted by molar-refractivity contribution is 4.85. The van der Waals surface area contributed by atoms with Crippen LogP contribution >= 0.6 is 0 Å². The molecule has 1 saturated heterocycles. The molecular formula is C13H23F3N2O. The van der Waals surface area contributed by atoms with Gasteiger partial charge in [-0.05, 0) is 51.7 Å². The summed E-state index contributed by atoms with van der Waals surface area (Å²) in [6, 6.07) is 0.640. The summed E-state index contributed by atoms with van der Waals surface area (Å²) < 4.78 is 37.6. The van der Waals surface area contributed by atoms with Gasteiger partial charge in [0.15, 0.2) is 0 Å². The lowest BCUT2D eigenvalue weighted by atomic mass is 9.96. The highest BCUT2D eigenvalue weighted by atomic mass is 19.4. The summed E-state index contributed by atoms with van der Waals surface area (Å²) in [6.45, 7) is 1.92. The van der Waals surface area contributed by atoms with E-state index in [0.29, 0.717) is 19.1 Å². The van der Waals surface area contributed by atoms with Crippen molar-refractivity contribution in [2.24, 2.45) is 5.92 Å². The maximum Gasteiger partial charge on any atom is 0.391 e. The summed E-state index contributed by atoms with van der Waals surface area (Å²) in [4.78, 5) is 2.08. The Morgan fingerprint density at radius 2 is 1.79 bits per heavy atom. The van der Waals surface area contributed by atoms with Gasteiger partial charge in [-0.25, -0.2) is 0 Å². The third-order valence-corrected chi connectivity index (χ3v) is 4.11. The fourth-order valence-corrected chi connectivity index (χ4v) is 2.63. The molecule has 2 rings (SSSR count). The fraction of sp³-hybridized carbons (Fsp3) is 1.00. The standard InChI is InChI=1S/C13H23F3N2O/c14-13(15,16)10-3-6-18(7-4-10)8-5-12(9-19)17-11-1-2-11/h10-12,17,19H,1-9H2. The van der Waals surface area contributed by atoms with Gasteiger partial charge in [-0.15, -0.1) is 0 Å². The molecule has 3 nitrogen and oxygen atoms in total. The second-order valence-electron chi connectivity index (χ2n) is 5.77. The average Bonchev–Trinajstić information content (AvgIpc) is 3.18. The topological polar surface area (TPSA) is 35.5 Å². The van der Waals surface area contributed by atoms with Crippen molar-refractivity contribution in [3.05, 3.63) is 0 Å². The molecule has 0 aromatic rings. The molecule has 0 amide bonds. The Morgan fingerprint density at radius 3 is 2.26 bits per heavy atom. The van der Waals surface area contributed by atoms with E-state index in [2.05, 4.69) is 10.2 Å². The molecule has 0 radical (unpaired) electrons. The zero-order chi connectivity index (χ0) is 13.9. The number of likely N-dealkylation sites (tertiary alicyclic amines) is 1. The number of alkyl halides is 3. The van der Waals surface area contributed by atoms with Crippen LogP contribution < -0.4 is 5.32 Å². The highest BCUT2D eigenvalue weighted by Gasteiger charge is 2.40. The molecule has 0 aromatic carbocycles. The number of nitrogens with one attached hydrogen (secondary N) is 1. The third kappa shape index (κ3) is 4.93. The van der Waals surface area contributed by atoms with E-state index >= 15 is 0 Å². The number of aliphatic hydroxyl groups is 1. The highest BCUT2D eigenvalue weighted by Crippen LogP contribution is 2.34. The van der Waals surface area contributed by atoms with E-state index in [9.17, 15) is 18.3 Å². The number of nitrogens with zero attached hydrogens (tertiary/aromatic N) is 1. The maximum absolute atomic E-state index is 12.5. The van der Waals surface area contributed by atoms with Crippen molar-refractivity contribution in [2.75, 3.05) is 26.2 Å². The lowest BCUT2D eigenvalue weighted by Gasteiger charge is -2.33. The second-order valence-corrected chi connectivity index (χ2v) is 5.77. The van der Waals surface area contributed by atoms with Crippen molar-refractivity contribution in [1.29, 1.82) is 0 Å². The number of rotatable bonds is 6. The number of hydrogen-bond donors (Lipinski definition) is 2. The molecule has 0 bridgehead atoms. The Balaban J connectivity index is 1.64. The molecule has 1 aliphatic heterocycles. The smallest absolute Gasteiger partial charge is 0.391 e. The van der Waals surface area contributed by atoms with E-state index in [1.54, 1.807) is 0 Å². The molecule has 1 unspecified atom stereocenters. The minimum absolute atomic E-state index is 0.0906. The number of hydrogen-bond acceptors (Lipinski definition) is 3. The molecule has 2 N–H and O–H groups in total. The van der Waals surface area contributed by atoms with Crippen molar-refractivity contribution < 1.29 is 18.3 Å². The SMILES string of the molecule is OCC(CCN1CCC(C(F)(F)F)CC1)NC1CC1. The Hall–Kier alpha value is -0.330. The van der Waals surface area contributed by atoms with Gasteiger partial charge in [-0.1, -0.05) is 0 Å². The quantitative estimate of drug-likeness (QED) is 0.778. The predicted molar refractivity (Wildman–Crippen MR) is 66.9 cm³/mol. The molecule has 1 atom stereocenters. The summed E-state index contributed by atoms with van der Waals surface area (Å²) in [5.74, 6) is -1.12. The predicted octanol–water partition coefficient (Wildman–Crippen LogP) is 1.76. The molecule has 1 aliphatic carbocycles. The van der Waals surface area contributed by atoms with Gasteiger partial charge in [-0.3, -0.25) is 0 Å². The monoisotopic (exact) mass is 280 g/mol. The van der Waals surface area contributed by atoms with Crippen LogP contribution in [-0.4, -0.2) is 54.5 Å². The van der Waals surface area contributed by atoms with Gasteiger partial charge < -0.3 is 15.3 Å². The summed E-state index contributed by atoms with van der Waals surface area (Å²) in [7, 11) is 0. The van der Waals surface area contributed by atoms with Gasteiger partial charge >= 0.3 is 6.18 Å². The van der Waals surface area contributed by atoms with Crippen LogP contribution in [-0.2, 0) is 0 Å². The first-order chi connectivity index (χ1) is 8.99. The molecule has 2 aliphatic rings. The van der Waals surface area contributed by atoms with E-state index < -0.39 is 12.1 Å². The van der Waals surface area contributed by atoms with Crippen LogP contribution in [0.2, 0.25) is 0 Å². The van der Waals surface area contributed by atoms with E-state index in [1.165, 1.54) is 12.8 Å². The van der Waals surface area contributed by atoms with Crippen LogP contribution in [0, 0.1) is 5.92 Å². The van der Waals surface area contributed by atoms with Crippen molar-refractivity contribution in [3.8, 4) is 0 Å². The molecule has 112 valence electrons. The summed E-state index contributed by atoms with van der Waals surface area (Å²) >= 11 is 0. The van der Waals surface area contributed by atoms with Crippen LogP contribution in [0.15, 0.2) is 0 Å². The Labute approximate surface area is 112 Å². The first-order valence-corrected chi connectivity index (χ1v) is 7.15. The lowest BCUT2D eigenvalue weighted by Crippen LogP contribution is -2.42. The zero-order valence-electron chi connectivity index (χ0n) is 11.1. The molecular weight excluding hydrogens is 257 g/mol. The molecule has 2 fully saturated rings. The average molecular weight is 280 g/mol. The molecule has 1 saturated carbocycles. The van der Waals surface area contributed by atoms with E-state index in [0.717, 1.165) is 13.0 Å². The molecule has 0 aromatic heterocycles. The van der Waals surface area contributed by atoms with Crippen LogP contribution in [0.1, 0.15) is 32.1 Å². The van der Waals surface area contributed by atoms with Gasteiger partial charge in [0, 0.05) is 12.1 Å². The summed E-state index contributed by atoms with van der Waals surface area (Å²) in [5, 5.41) is 12.6. The van der Waals surface area contributed by atoms with E-state index in [1.807, 2.05) is 0 Å². The molecule has 6 heteroatoms. The largest absolute Gasteiger partial charge is 0.395 e. The van der Waals surface area contributed by atoms with Crippen molar-refractivity contribution in [2.45, 2.75) is 50.4 Å². The van der Waals surface area contributed by atoms with E-state index in [4.69, 9.17) is 0 Å². The number of halogens is 3. The fourth-order valence-electron chi connectivity index (χ4n) is 2.63. The van der Waals surface area contributed by atoms with Gasteiger partial charge in [0.05, 0.1) is 12.5 Å².